The van der Waals surface area contributed by atoms with E-state index < -0.39 is 0 Å². The van der Waals surface area contributed by atoms with E-state index in [0.29, 0.717) is 46.0 Å². The summed E-state index contributed by atoms with van der Waals surface area (Å²) in [5, 5.41) is 7.33. The number of allylic oxidation sites excluding steroid dienone is 1. The lowest BCUT2D eigenvalue weighted by atomic mass is 10.1. The number of carbonyl (C=O) groups excluding carboxylic acids is 1. The van der Waals surface area contributed by atoms with E-state index in [4.69, 9.17) is 16.3 Å². The Balaban J connectivity index is 0.00000272. The Morgan fingerprint density at radius 3 is 2.58 bits per heavy atom. The molecule has 0 saturated heterocycles. The summed E-state index contributed by atoms with van der Waals surface area (Å²) < 4.78 is 6.81. The van der Waals surface area contributed by atoms with Gasteiger partial charge in [-0.15, -0.1) is 24.2 Å². The summed E-state index contributed by atoms with van der Waals surface area (Å²) in [5.74, 6) is 1.02. The van der Waals surface area contributed by atoms with Gasteiger partial charge in [0, 0.05) is 22.1 Å². The van der Waals surface area contributed by atoms with Crippen molar-refractivity contribution >= 4 is 74.1 Å². The Kier molecular flexibility index (Phi) is 8.00. The van der Waals surface area contributed by atoms with Crippen molar-refractivity contribution in [1.29, 1.82) is 0 Å². The second-order valence-corrected chi connectivity index (χ2v) is 8.95. The van der Waals surface area contributed by atoms with Gasteiger partial charge < -0.3 is 4.74 Å². The van der Waals surface area contributed by atoms with Gasteiger partial charge in [-0.05, 0) is 43.3 Å². The molecule has 1 amide bonds. The van der Waals surface area contributed by atoms with Crippen LogP contribution in [0.25, 0.3) is 10.2 Å². The number of hydrogen-bond acceptors (Lipinski definition) is 6. The van der Waals surface area contributed by atoms with Gasteiger partial charge in [-0.25, -0.2) is 4.98 Å². The number of amides is 1. The number of halogens is 2. The van der Waals surface area contributed by atoms with Gasteiger partial charge in [-0.3, -0.25) is 4.79 Å². The van der Waals surface area contributed by atoms with Gasteiger partial charge in [-0.2, -0.15) is 10.1 Å². The molecule has 1 aliphatic heterocycles. The van der Waals surface area contributed by atoms with Crippen LogP contribution in [-0.4, -0.2) is 29.0 Å². The zero-order valence-electron chi connectivity index (χ0n) is 17.0. The maximum atomic E-state index is 13.3. The van der Waals surface area contributed by atoms with Gasteiger partial charge in [0.2, 0.25) is 5.13 Å². The summed E-state index contributed by atoms with van der Waals surface area (Å²) in [6.45, 7) is 4.40. The lowest BCUT2D eigenvalue weighted by Gasteiger charge is -2.11. The van der Waals surface area contributed by atoms with Crippen molar-refractivity contribution in [2.24, 2.45) is 5.10 Å². The Bertz CT molecular complexity index is 1110. The molecule has 0 N–H and O–H groups in total. The highest BCUT2D eigenvalue weighted by atomic mass is 35.5. The van der Waals surface area contributed by atoms with Crippen molar-refractivity contribution in [2.75, 3.05) is 17.4 Å². The SMILES string of the molecule is CCOC(CC)=C1C(=O)N(c2nc3ccccc3s2)N=C1CSc1ccc(Cl)cc1.Cl. The van der Waals surface area contributed by atoms with Gasteiger partial charge >= 0.3 is 0 Å². The molecule has 0 fully saturated rings. The fourth-order valence-corrected chi connectivity index (χ4v) is 4.99. The van der Waals surface area contributed by atoms with Crippen LogP contribution in [-0.2, 0) is 9.53 Å². The summed E-state index contributed by atoms with van der Waals surface area (Å²) in [7, 11) is 0. The number of carbonyl (C=O) groups is 1. The summed E-state index contributed by atoms with van der Waals surface area (Å²) in [6, 6.07) is 15.5. The molecule has 0 spiro atoms. The third kappa shape index (κ3) is 5.06. The first-order valence-corrected chi connectivity index (χ1v) is 11.8. The maximum absolute atomic E-state index is 13.3. The number of fused-ring (bicyclic) bond motifs is 1. The predicted octanol–water partition coefficient (Wildman–Crippen LogP) is 6.57. The summed E-state index contributed by atoms with van der Waals surface area (Å²) in [6.07, 6.45) is 0.618. The van der Waals surface area contributed by atoms with E-state index in [-0.39, 0.29) is 18.3 Å². The predicted molar refractivity (Wildman–Crippen MR) is 133 cm³/mol. The number of nitrogens with zero attached hydrogens (tertiary/aromatic N) is 3. The highest BCUT2D eigenvalue weighted by Gasteiger charge is 2.35. The minimum atomic E-state index is -0.189. The van der Waals surface area contributed by atoms with E-state index in [1.54, 1.807) is 11.8 Å². The van der Waals surface area contributed by atoms with Crippen molar-refractivity contribution < 1.29 is 9.53 Å². The molecule has 0 unspecified atom stereocenters. The number of thioether (sulfide) groups is 1. The van der Waals surface area contributed by atoms with E-state index in [0.717, 1.165) is 15.1 Å². The molecule has 0 atom stereocenters. The Morgan fingerprint density at radius 1 is 1.16 bits per heavy atom. The van der Waals surface area contributed by atoms with Crippen molar-refractivity contribution in [2.45, 2.75) is 25.2 Å². The minimum Gasteiger partial charge on any atom is -0.497 e. The first-order valence-electron chi connectivity index (χ1n) is 9.63. The fourth-order valence-electron chi connectivity index (χ4n) is 3.11. The molecule has 0 saturated carbocycles. The molecular weight excluding hydrogens is 473 g/mol. The lowest BCUT2D eigenvalue weighted by molar-refractivity contribution is -0.114. The van der Waals surface area contributed by atoms with Gasteiger partial charge in [0.1, 0.15) is 11.3 Å². The first-order chi connectivity index (χ1) is 14.6. The highest BCUT2D eigenvalue weighted by Crippen LogP contribution is 2.34. The molecule has 5 nitrogen and oxygen atoms in total. The van der Waals surface area contributed by atoms with Crippen molar-refractivity contribution in [3.8, 4) is 0 Å². The molecule has 31 heavy (non-hydrogen) atoms. The highest BCUT2D eigenvalue weighted by molar-refractivity contribution is 8.00. The molecule has 2 aromatic carbocycles. The van der Waals surface area contributed by atoms with Crippen LogP contribution in [0.3, 0.4) is 0 Å². The minimum absolute atomic E-state index is 0. The maximum Gasteiger partial charge on any atom is 0.286 e. The number of aromatic nitrogens is 1. The second-order valence-electron chi connectivity index (χ2n) is 6.46. The molecular formula is C22H21Cl2N3O2S2. The van der Waals surface area contributed by atoms with E-state index in [1.807, 2.05) is 62.4 Å². The lowest BCUT2D eigenvalue weighted by Crippen LogP contribution is -2.23. The topological polar surface area (TPSA) is 54.8 Å². The monoisotopic (exact) mass is 493 g/mol. The van der Waals surface area contributed by atoms with Crippen LogP contribution in [0.4, 0.5) is 5.13 Å². The molecule has 0 aliphatic carbocycles. The average molecular weight is 494 g/mol. The van der Waals surface area contributed by atoms with Crippen LogP contribution in [0.15, 0.2) is 69.9 Å². The van der Waals surface area contributed by atoms with Crippen LogP contribution >= 0.6 is 47.1 Å². The molecule has 0 bridgehead atoms. The standard InChI is InChI=1S/C22H20ClN3O2S2.ClH/c1-3-18(28-4-2)20-17(13-29-15-11-9-14(23)10-12-15)25-26(21(20)27)22-24-16-7-5-6-8-19(16)30-22;/h5-12H,3-4,13H2,1-2H3;1H. The number of hydrazone groups is 1. The molecule has 3 aromatic rings. The molecule has 0 radical (unpaired) electrons. The van der Waals surface area contributed by atoms with E-state index in [2.05, 4.69) is 10.1 Å². The van der Waals surface area contributed by atoms with Crippen LogP contribution in [0, 0.1) is 0 Å². The van der Waals surface area contributed by atoms with E-state index in [1.165, 1.54) is 16.3 Å². The van der Waals surface area contributed by atoms with Gasteiger partial charge in [0.15, 0.2) is 0 Å². The molecule has 2 heterocycles. The quantitative estimate of drug-likeness (QED) is 0.212. The Morgan fingerprint density at radius 2 is 1.90 bits per heavy atom. The van der Waals surface area contributed by atoms with E-state index in [9.17, 15) is 4.79 Å². The van der Waals surface area contributed by atoms with Crippen molar-refractivity contribution in [3.05, 3.63) is 64.9 Å². The van der Waals surface area contributed by atoms with Crippen molar-refractivity contribution in [1.82, 2.24) is 4.98 Å². The number of thiazole rings is 1. The summed E-state index contributed by atoms with van der Waals surface area (Å²) in [4.78, 5) is 19.0. The van der Waals surface area contributed by atoms with E-state index >= 15 is 0 Å². The number of para-hydroxylation sites is 1. The fraction of sp³-hybridized carbons (Fsp3) is 0.227. The van der Waals surface area contributed by atoms with Gasteiger partial charge in [0.05, 0.1) is 22.5 Å². The van der Waals surface area contributed by atoms with Crippen LogP contribution in [0.1, 0.15) is 20.3 Å². The largest absolute Gasteiger partial charge is 0.497 e. The normalized spacial score (nSPS) is 15.1. The molecule has 4 rings (SSSR count). The first kappa shape index (κ1) is 23.6. The molecule has 1 aromatic heterocycles. The summed E-state index contributed by atoms with van der Waals surface area (Å²) >= 11 is 9.04. The van der Waals surface area contributed by atoms with Crippen molar-refractivity contribution in [3.63, 3.8) is 0 Å². The third-order valence-electron chi connectivity index (χ3n) is 4.49. The van der Waals surface area contributed by atoms with Gasteiger partial charge in [0.25, 0.3) is 5.91 Å². The zero-order chi connectivity index (χ0) is 21.1. The van der Waals surface area contributed by atoms with Gasteiger partial charge in [-0.1, -0.05) is 42.0 Å². The second kappa shape index (κ2) is 10.5. The number of benzene rings is 2. The number of ether oxygens (including phenoxy) is 1. The molecule has 9 heteroatoms. The molecule has 162 valence electrons. The zero-order valence-corrected chi connectivity index (χ0v) is 20.2. The Hall–Kier alpha value is -2.06. The third-order valence-corrected chi connectivity index (χ3v) is 6.77. The van der Waals surface area contributed by atoms with Crippen LogP contribution in [0.5, 0.6) is 0 Å². The van der Waals surface area contributed by atoms with Crippen LogP contribution in [0.2, 0.25) is 5.02 Å². The summed E-state index contributed by atoms with van der Waals surface area (Å²) in [5.41, 5.74) is 2.10. The molecule has 1 aliphatic rings. The number of hydrogen-bond donors (Lipinski definition) is 0. The number of anilines is 1. The van der Waals surface area contributed by atoms with Crippen LogP contribution < -0.4 is 5.01 Å². The number of rotatable bonds is 7. The Labute approximate surface area is 200 Å². The smallest absolute Gasteiger partial charge is 0.286 e. The average Bonchev–Trinajstić information content (AvgIpc) is 3.32.